The molecular formula is C64H46N2O2. The van der Waals surface area contributed by atoms with Crippen LogP contribution in [0.25, 0.3) is 66.8 Å². The summed E-state index contributed by atoms with van der Waals surface area (Å²) < 4.78 is 13.6. The van der Waals surface area contributed by atoms with Gasteiger partial charge in [-0.2, -0.15) is 0 Å². The highest BCUT2D eigenvalue weighted by atomic mass is 16.5. The lowest BCUT2D eigenvalue weighted by atomic mass is 9.92. The van der Waals surface area contributed by atoms with E-state index in [-0.39, 0.29) is 6.04 Å². The number of hydrogen-bond donors (Lipinski definition) is 0. The zero-order valence-corrected chi connectivity index (χ0v) is 37.4. The van der Waals surface area contributed by atoms with E-state index in [1.54, 1.807) is 0 Å². The molecule has 0 amide bonds. The minimum Gasteiger partial charge on any atom is -0.456 e. The number of fused-ring (bicyclic) bond motifs is 5. The summed E-state index contributed by atoms with van der Waals surface area (Å²) >= 11 is 0. The maximum Gasteiger partial charge on any atom is 0.142 e. The molecule has 2 aliphatic carbocycles. The Labute approximate surface area is 396 Å². The Morgan fingerprint density at radius 3 is 1.81 bits per heavy atom. The third-order valence-corrected chi connectivity index (χ3v) is 13.8. The molecule has 4 nitrogen and oxygen atoms in total. The number of hydrogen-bond acceptors (Lipinski definition) is 4. The van der Waals surface area contributed by atoms with E-state index >= 15 is 0 Å². The second-order valence-corrected chi connectivity index (χ2v) is 17.9. The molecule has 9 aromatic carbocycles. The van der Waals surface area contributed by atoms with E-state index in [4.69, 9.17) is 9.15 Å². The first-order chi connectivity index (χ1) is 33.7. The van der Waals surface area contributed by atoms with Crippen molar-refractivity contribution in [1.29, 1.82) is 0 Å². The quantitative estimate of drug-likeness (QED) is 0.144. The Morgan fingerprint density at radius 2 is 1.10 bits per heavy atom. The summed E-state index contributed by atoms with van der Waals surface area (Å²) in [6.45, 7) is 0. The van der Waals surface area contributed by atoms with Crippen LogP contribution in [-0.2, 0) is 6.42 Å². The molecule has 1 unspecified atom stereocenters. The largest absolute Gasteiger partial charge is 0.456 e. The average molecular weight is 875 g/mol. The predicted octanol–water partition coefficient (Wildman–Crippen LogP) is 17.7. The summed E-state index contributed by atoms with van der Waals surface area (Å²) in [6.07, 6.45) is 14.3. The summed E-state index contributed by atoms with van der Waals surface area (Å²) in [5, 5.41) is 3.48. The highest BCUT2D eigenvalue weighted by Gasteiger charge is 2.28. The van der Waals surface area contributed by atoms with Crippen LogP contribution in [0.1, 0.15) is 29.7 Å². The van der Waals surface area contributed by atoms with Gasteiger partial charge in [0.15, 0.2) is 0 Å². The Morgan fingerprint density at radius 1 is 0.471 bits per heavy atom. The van der Waals surface area contributed by atoms with Crippen LogP contribution >= 0.6 is 0 Å². The predicted molar refractivity (Wildman–Crippen MR) is 283 cm³/mol. The van der Waals surface area contributed by atoms with Crippen LogP contribution in [-0.4, -0.2) is 6.04 Å². The summed E-state index contributed by atoms with van der Waals surface area (Å²) in [4.78, 5) is 4.77. The molecule has 0 bridgehead atoms. The number of nitrogens with zero attached hydrogens (tertiary/aromatic N) is 2. The molecule has 3 aliphatic rings. The van der Waals surface area contributed by atoms with Gasteiger partial charge in [-0.05, 0) is 119 Å². The van der Waals surface area contributed by atoms with E-state index in [0.29, 0.717) is 0 Å². The third-order valence-electron chi connectivity index (χ3n) is 13.8. The SMILES string of the molecule is C1=Cc2oc3c(C4=CCC(N(c5ccc(-c6ccc(-c7ccccc7)cc6)cc5)c5cc6c7c(cccc7c5)-c5ccc(N(c7ccccc7)c7ccccc7)cc5O6)C=C4)cccc3c2CC1. The van der Waals surface area contributed by atoms with Crippen molar-refractivity contribution in [2.75, 3.05) is 9.80 Å². The fourth-order valence-corrected chi connectivity index (χ4v) is 10.6. The fraction of sp³-hybridized carbons (Fsp3) is 0.0625. The Kier molecular flexibility index (Phi) is 9.75. The summed E-state index contributed by atoms with van der Waals surface area (Å²) in [5.41, 5.74) is 17.0. The number of para-hydroxylation sites is 3. The van der Waals surface area contributed by atoms with Gasteiger partial charge in [-0.3, -0.25) is 0 Å². The molecule has 324 valence electrons. The Bertz CT molecular complexity index is 3570. The normalized spacial score (nSPS) is 14.5. The van der Waals surface area contributed by atoms with Crippen molar-refractivity contribution in [2.45, 2.75) is 25.3 Å². The van der Waals surface area contributed by atoms with Crippen LogP contribution in [0.4, 0.5) is 28.4 Å². The van der Waals surface area contributed by atoms with Crippen LogP contribution in [0.3, 0.4) is 0 Å². The number of allylic oxidation sites excluding steroid dienone is 3. The molecule has 1 aromatic heterocycles. The van der Waals surface area contributed by atoms with Gasteiger partial charge in [0.25, 0.3) is 0 Å². The highest BCUT2D eigenvalue weighted by molar-refractivity contribution is 6.06. The van der Waals surface area contributed by atoms with Gasteiger partial charge < -0.3 is 19.0 Å². The van der Waals surface area contributed by atoms with Crippen LogP contribution in [0, 0.1) is 0 Å². The Hall–Kier alpha value is -8.60. The van der Waals surface area contributed by atoms with Gasteiger partial charge >= 0.3 is 0 Å². The van der Waals surface area contributed by atoms with Crippen LogP contribution < -0.4 is 14.5 Å². The maximum absolute atomic E-state index is 7.10. The number of benzene rings is 9. The number of rotatable bonds is 9. The monoisotopic (exact) mass is 874 g/mol. The zero-order valence-electron chi connectivity index (χ0n) is 37.4. The van der Waals surface area contributed by atoms with E-state index in [0.717, 1.165) is 92.4 Å². The van der Waals surface area contributed by atoms with Crippen molar-refractivity contribution in [3.63, 3.8) is 0 Å². The lowest BCUT2D eigenvalue weighted by molar-refractivity contribution is 0.487. The first kappa shape index (κ1) is 39.7. The molecular weight excluding hydrogens is 829 g/mol. The first-order valence-corrected chi connectivity index (χ1v) is 23.6. The molecule has 0 N–H and O–H groups in total. The maximum atomic E-state index is 7.10. The molecule has 2 heterocycles. The minimum absolute atomic E-state index is 0.0299. The van der Waals surface area contributed by atoms with Crippen molar-refractivity contribution in [1.82, 2.24) is 0 Å². The van der Waals surface area contributed by atoms with Gasteiger partial charge in [0, 0.05) is 68.0 Å². The molecule has 0 radical (unpaired) electrons. The molecule has 0 fully saturated rings. The molecule has 1 atom stereocenters. The van der Waals surface area contributed by atoms with Gasteiger partial charge in [0.1, 0.15) is 22.8 Å². The van der Waals surface area contributed by atoms with E-state index < -0.39 is 0 Å². The lowest BCUT2D eigenvalue weighted by Crippen LogP contribution is -2.30. The van der Waals surface area contributed by atoms with E-state index in [1.165, 1.54) is 44.3 Å². The van der Waals surface area contributed by atoms with Crippen molar-refractivity contribution in [2.24, 2.45) is 0 Å². The van der Waals surface area contributed by atoms with E-state index in [9.17, 15) is 0 Å². The van der Waals surface area contributed by atoms with E-state index in [1.807, 2.05) is 0 Å². The topological polar surface area (TPSA) is 28.9 Å². The second-order valence-electron chi connectivity index (χ2n) is 17.9. The van der Waals surface area contributed by atoms with Crippen LogP contribution in [0.5, 0.6) is 11.5 Å². The van der Waals surface area contributed by atoms with Crippen molar-refractivity contribution >= 4 is 61.8 Å². The minimum atomic E-state index is 0.0299. The molecule has 0 spiro atoms. The van der Waals surface area contributed by atoms with Crippen LogP contribution in [0.2, 0.25) is 0 Å². The van der Waals surface area contributed by atoms with Crippen molar-refractivity contribution < 1.29 is 9.15 Å². The third kappa shape index (κ3) is 7.01. The van der Waals surface area contributed by atoms with Crippen LogP contribution in [0.15, 0.2) is 235 Å². The van der Waals surface area contributed by atoms with Gasteiger partial charge in [-0.15, -0.1) is 0 Å². The summed E-state index contributed by atoms with van der Waals surface area (Å²) in [7, 11) is 0. The Balaban J connectivity index is 0.888. The molecule has 0 saturated heterocycles. The lowest BCUT2D eigenvalue weighted by Gasteiger charge is -2.34. The zero-order chi connectivity index (χ0) is 45.0. The van der Waals surface area contributed by atoms with Gasteiger partial charge in [0.2, 0.25) is 0 Å². The molecule has 0 saturated carbocycles. The standard InChI is InChI=1S/C64H46N2O2/c1-4-14-43(15-5-1)44-26-28-45(29-27-44)46-30-34-51(35-31-46)66(52-36-32-47(33-37-52)55-22-13-24-59-56-21-10-11-25-60(56)68-64(55)59)54-40-48-16-12-23-58-57-39-38-53(41-61(57)67-62(42-54)63(48)58)65(49-17-6-2-7-18-49)50-19-8-3-9-20-50/h1-9,11-20,22-36,38-42,52H,10,21,37H2. The average Bonchev–Trinajstić information content (AvgIpc) is 3.79. The van der Waals surface area contributed by atoms with Gasteiger partial charge in [-0.1, -0.05) is 164 Å². The first-order valence-electron chi connectivity index (χ1n) is 23.6. The summed E-state index contributed by atoms with van der Waals surface area (Å²) in [5.74, 6) is 2.68. The van der Waals surface area contributed by atoms with E-state index in [2.05, 4.69) is 246 Å². The molecule has 68 heavy (non-hydrogen) atoms. The number of ether oxygens (including phenoxy) is 1. The molecule has 13 rings (SSSR count). The van der Waals surface area contributed by atoms with Crippen molar-refractivity contribution in [3.05, 3.63) is 247 Å². The van der Waals surface area contributed by atoms with Gasteiger partial charge in [-0.25, -0.2) is 0 Å². The molecule has 10 aromatic rings. The van der Waals surface area contributed by atoms with Gasteiger partial charge in [0.05, 0.1) is 6.04 Å². The fourth-order valence-electron chi connectivity index (χ4n) is 10.6. The number of furan rings is 1. The molecule has 1 aliphatic heterocycles. The van der Waals surface area contributed by atoms with Crippen molar-refractivity contribution in [3.8, 4) is 44.9 Å². The second kappa shape index (κ2) is 16.7. The number of anilines is 5. The smallest absolute Gasteiger partial charge is 0.142 e. The molecule has 4 heteroatoms. The summed E-state index contributed by atoms with van der Waals surface area (Å²) in [6, 6.07) is 74.0. The number of aryl methyl sites for hydroxylation is 1. The highest BCUT2D eigenvalue weighted by Crippen LogP contribution is 2.51.